The first-order valence-electron chi connectivity index (χ1n) is 18.6. The molecule has 1 N–H and O–H groups in total. The number of ether oxygens (including phenoxy) is 3. The number of halogens is 4. The van der Waals surface area contributed by atoms with Crippen molar-refractivity contribution in [2.45, 2.75) is 51.2 Å². The quantitative estimate of drug-likeness (QED) is 0.364. The van der Waals surface area contributed by atoms with Crippen molar-refractivity contribution in [3.63, 3.8) is 0 Å². The smallest absolute Gasteiger partial charge is 0.0594 e. The molecule has 0 aromatic carbocycles. The summed E-state index contributed by atoms with van der Waals surface area (Å²) in [6.07, 6.45) is -2.08. The first kappa shape index (κ1) is 13.6. The molecule has 190 valence electrons. The molecule has 3 saturated heterocycles. The molecule has 0 aliphatic carbocycles. The molecule has 0 saturated carbocycles. The maximum absolute atomic E-state index is 8.57. The average molecular weight is 636 g/mol. The number of morpholine rings is 1. The predicted molar refractivity (Wildman–Crippen MR) is 142 cm³/mol. The van der Waals surface area contributed by atoms with Crippen LogP contribution in [0.1, 0.15) is 75.9 Å². The summed E-state index contributed by atoms with van der Waals surface area (Å²) in [5, 5.41) is 3.49. The van der Waals surface area contributed by atoms with Gasteiger partial charge in [0.1, 0.15) is 0 Å². The van der Waals surface area contributed by atoms with E-state index in [1.807, 2.05) is 0 Å². The minimum atomic E-state index is -3.21. The standard InChI is InChI=1S/C7H14ClNO.C5H10O.C4H8O.C3H6BrCl.C3H7BrO/c8-2-1-3-9-4-6-10-7-5-9;1-2-4-6-5-3-1;1-2-4-5-3-1;2*4-2-1-3-5/h1-7H2;1-5H2;1-4H2;1-3H2;5H,1-3H2/i1D2,2D2,3D2;;;2*1D2,2D2,3D2. The fourth-order valence-corrected chi connectivity index (χ4v) is 2.40. The Hall–Kier alpha value is 1.34. The predicted octanol–water partition coefficient (Wildman–Crippen LogP) is 5.71. The summed E-state index contributed by atoms with van der Waals surface area (Å²) < 4.78 is 142. The fraction of sp³-hybridized carbons (Fsp3) is 1.00. The van der Waals surface area contributed by atoms with Crippen LogP contribution in [-0.4, -0.2) is 98.0 Å². The van der Waals surface area contributed by atoms with E-state index in [-0.39, 0.29) is 13.1 Å². The highest BCUT2D eigenvalue weighted by Crippen LogP contribution is 2.02. The summed E-state index contributed by atoms with van der Waals surface area (Å²) in [5.41, 5.74) is 0. The molecule has 0 amide bonds. The number of hydrogen-bond acceptors (Lipinski definition) is 5. The van der Waals surface area contributed by atoms with Gasteiger partial charge in [-0.15, -0.1) is 23.2 Å². The number of rotatable bonds is 7. The third-order valence-electron chi connectivity index (χ3n) is 3.37. The van der Waals surface area contributed by atoms with Crippen LogP contribution in [0.15, 0.2) is 0 Å². The molecule has 0 spiro atoms. The van der Waals surface area contributed by atoms with Crippen LogP contribution in [0, 0.1) is 0 Å². The van der Waals surface area contributed by atoms with Crippen molar-refractivity contribution in [2.24, 2.45) is 0 Å². The second kappa shape index (κ2) is 33.5. The van der Waals surface area contributed by atoms with Crippen molar-refractivity contribution in [2.75, 3.05) is 88.0 Å². The molecule has 0 bridgehead atoms. The Morgan fingerprint density at radius 1 is 0.710 bits per heavy atom. The van der Waals surface area contributed by atoms with Gasteiger partial charge in [0.05, 0.1) is 16.0 Å². The Morgan fingerprint density at radius 3 is 1.42 bits per heavy atom. The van der Waals surface area contributed by atoms with Crippen molar-refractivity contribution in [3.8, 4) is 0 Å². The van der Waals surface area contributed by atoms with E-state index in [4.69, 9.17) is 67.2 Å². The first-order chi connectivity index (χ1) is 21.6. The van der Waals surface area contributed by atoms with Crippen molar-refractivity contribution in [1.29, 1.82) is 0 Å². The molecule has 0 aromatic rings. The lowest BCUT2D eigenvalue weighted by Gasteiger charge is -2.25. The lowest BCUT2D eigenvalue weighted by atomic mass is 10.2. The van der Waals surface area contributed by atoms with E-state index in [2.05, 4.69) is 31.9 Å². The van der Waals surface area contributed by atoms with Crippen LogP contribution in [0.25, 0.3) is 0 Å². The molecule has 0 radical (unpaired) electrons. The average Bonchev–Trinajstić information content (AvgIpc) is 3.53. The third-order valence-corrected chi connectivity index (χ3v) is 3.96. The normalized spacial score (nSPS) is 30.9. The van der Waals surface area contributed by atoms with Gasteiger partial charge in [0, 0.05) is 90.2 Å². The minimum Gasteiger partial charge on any atom is -0.396 e. The number of aliphatic hydroxyl groups is 1. The lowest BCUT2D eigenvalue weighted by Crippen LogP contribution is -2.36. The van der Waals surface area contributed by atoms with E-state index >= 15 is 0 Å². The summed E-state index contributed by atoms with van der Waals surface area (Å²) in [6.45, 7) is -0.622. The summed E-state index contributed by atoms with van der Waals surface area (Å²) in [5.74, 6) is -5.51. The van der Waals surface area contributed by atoms with Crippen LogP contribution >= 0.6 is 55.1 Å². The lowest BCUT2D eigenvalue weighted by molar-refractivity contribution is 0.0381. The van der Waals surface area contributed by atoms with Crippen LogP contribution < -0.4 is 0 Å². The van der Waals surface area contributed by atoms with Gasteiger partial charge >= 0.3 is 0 Å². The molecule has 3 aliphatic heterocycles. The molecule has 0 unspecified atom stereocenters. The molecule has 3 heterocycles. The Kier molecular flexibility index (Phi) is 14.7. The van der Waals surface area contributed by atoms with Crippen molar-refractivity contribution in [3.05, 3.63) is 0 Å². The molecular formula is C22H45Br2Cl2NO4. The number of alkyl halides is 4. The molecule has 0 aromatic heterocycles. The minimum absolute atomic E-state index is 0.222. The van der Waals surface area contributed by atoms with E-state index < -0.39 is 54.4 Å². The van der Waals surface area contributed by atoms with Crippen LogP contribution in [0.4, 0.5) is 0 Å². The second-order valence-corrected chi connectivity index (χ2v) is 6.74. The van der Waals surface area contributed by atoms with Crippen LogP contribution in [0.5, 0.6) is 0 Å². The van der Waals surface area contributed by atoms with E-state index in [1.54, 1.807) is 0 Å². The maximum Gasteiger partial charge on any atom is 0.0594 e. The molecule has 3 aliphatic rings. The summed E-state index contributed by atoms with van der Waals surface area (Å²) in [6, 6.07) is 0. The monoisotopic (exact) mass is 633 g/mol. The van der Waals surface area contributed by atoms with Gasteiger partial charge in [0.15, 0.2) is 0 Å². The second-order valence-electron chi connectivity index (χ2n) is 5.57. The van der Waals surface area contributed by atoms with Gasteiger partial charge in [-0.1, -0.05) is 31.9 Å². The molecule has 3 rings (SSSR count). The van der Waals surface area contributed by atoms with Crippen LogP contribution in [0.2, 0.25) is 0 Å². The molecule has 31 heavy (non-hydrogen) atoms. The zero-order valence-electron chi connectivity index (χ0n) is 35.3. The Labute approximate surface area is 243 Å². The van der Waals surface area contributed by atoms with Gasteiger partial charge in [-0.3, -0.25) is 4.90 Å². The first-order valence-corrected chi connectivity index (χ1v) is 11.9. The summed E-state index contributed by atoms with van der Waals surface area (Å²) >= 11 is 15.0. The zero-order chi connectivity index (χ0) is 39.4. The van der Waals surface area contributed by atoms with Crippen molar-refractivity contribution < 1.29 is 44.0 Å². The largest absolute Gasteiger partial charge is 0.396 e. The molecule has 0 atom stereocenters. The maximum atomic E-state index is 8.57. The van der Waals surface area contributed by atoms with Gasteiger partial charge in [-0.05, 0) is 57.7 Å². The number of hydrogen-bond donors (Lipinski definition) is 1. The van der Waals surface area contributed by atoms with Gasteiger partial charge in [-0.25, -0.2) is 0 Å². The molecule has 3 fully saturated rings. The SMILES string of the molecule is C1CCOC1.C1CCOCC1.[2H]C([2H])(Cl)C([2H])([2H])C([2H])([2H])Br.[2H]C([2H])(Cl)C([2H])([2H])C([2H])([2H])N1CCOCC1.[2H]C([2H])(O)C([2H])([2H])C([2H])([2H])Br. The third kappa shape index (κ3) is 33.6. The van der Waals surface area contributed by atoms with Crippen LogP contribution in [-0.2, 0) is 14.2 Å². The van der Waals surface area contributed by atoms with Crippen LogP contribution in [0.3, 0.4) is 0 Å². The van der Waals surface area contributed by atoms with Crippen molar-refractivity contribution >= 4 is 55.1 Å². The van der Waals surface area contributed by atoms with E-state index in [0.29, 0.717) is 13.2 Å². The van der Waals surface area contributed by atoms with Gasteiger partial charge < -0.3 is 19.3 Å². The Morgan fingerprint density at radius 2 is 1.16 bits per heavy atom. The van der Waals surface area contributed by atoms with Gasteiger partial charge in [0.25, 0.3) is 0 Å². The van der Waals surface area contributed by atoms with Crippen molar-refractivity contribution in [1.82, 2.24) is 4.90 Å². The topological polar surface area (TPSA) is 51.2 Å². The Bertz CT molecular complexity index is 829. The molecule has 9 heteroatoms. The number of nitrogens with zero attached hydrogens (tertiary/aromatic N) is 1. The van der Waals surface area contributed by atoms with E-state index in [9.17, 15) is 0 Å². The Balaban J connectivity index is 0. The van der Waals surface area contributed by atoms with E-state index in [0.717, 1.165) is 26.4 Å². The fourth-order valence-electron chi connectivity index (χ4n) is 2.01. The summed E-state index contributed by atoms with van der Waals surface area (Å²) in [4.78, 5) is 1.22. The highest BCUT2D eigenvalue weighted by molar-refractivity contribution is 9.09. The highest BCUT2D eigenvalue weighted by atomic mass is 79.9. The molecule has 5 nitrogen and oxygen atoms in total. The van der Waals surface area contributed by atoms with Gasteiger partial charge in [-0.2, -0.15) is 0 Å². The highest BCUT2D eigenvalue weighted by Gasteiger charge is 2.08. The van der Waals surface area contributed by atoms with E-state index in [1.165, 1.54) is 37.0 Å². The summed E-state index contributed by atoms with van der Waals surface area (Å²) in [7, 11) is 0. The zero-order valence-corrected chi connectivity index (χ0v) is 22.0. The molecular weight excluding hydrogens is 573 g/mol. The van der Waals surface area contributed by atoms with Gasteiger partial charge in [0.2, 0.25) is 0 Å².